The van der Waals surface area contributed by atoms with Gasteiger partial charge < -0.3 is 15.0 Å². The van der Waals surface area contributed by atoms with Gasteiger partial charge in [-0.1, -0.05) is 65.7 Å². The summed E-state index contributed by atoms with van der Waals surface area (Å²) in [5.74, 6) is -0.782. The molecule has 8 heteroatoms. The molecule has 0 radical (unpaired) electrons. The van der Waals surface area contributed by atoms with E-state index in [0.717, 1.165) is 16.3 Å². The Morgan fingerprint density at radius 1 is 1.06 bits per heavy atom. The molecule has 2 amide bonds. The number of Topliss-reactive ketones (excluding diaryl/α,β-unsaturated/α-hetero) is 1. The number of halogens is 2. The zero-order valence-corrected chi connectivity index (χ0v) is 19.7. The monoisotopic (exact) mass is 496 g/mol. The van der Waals surface area contributed by atoms with Crippen LogP contribution in [0.5, 0.6) is 0 Å². The number of hydrogen-bond donors (Lipinski definition) is 1. The van der Waals surface area contributed by atoms with Gasteiger partial charge in [0.05, 0.1) is 16.1 Å². The second-order valence-electron chi connectivity index (χ2n) is 8.59. The van der Waals surface area contributed by atoms with Gasteiger partial charge in [0, 0.05) is 18.5 Å². The van der Waals surface area contributed by atoms with Crippen molar-refractivity contribution in [2.45, 2.75) is 31.0 Å². The Bertz CT molecular complexity index is 1290. The molecular formula is C26H22Cl2N2O4. The smallest absolute Gasteiger partial charge is 0.252 e. The minimum Gasteiger partial charge on any atom is -0.368 e. The number of ketones is 1. The highest BCUT2D eigenvalue weighted by Crippen LogP contribution is 2.29. The van der Waals surface area contributed by atoms with Gasteiger partial charge in [-0.3, -0.25) is 14.4 Å². The standard InChI is InChI=1S/C26H22Cl2N2O4/c27-19-9-8-15(12-20(19)28)13-21(26(33)30-11-10-23-24(30)22(31)14-34-23)29-25(32)18-7-3-5-16-4-1-2-6-17(16)18/h1-9,12,21,23-24H,10-11,13-14H2,(H,29,32). The predicted molar refractivity (Wildman–Crippen MR) is 130 cm³/mol. The molecule has 174 valence electrons. The first-order valence-corrected chi connectivity index (χ1v) is 11.9. The Labute approximate surface area is 206 Å². The first-order valence-electron chi connectivity index (χ1n) is 11.1. The SMILES string of the molecule is O=C(NC(Cc1ccc(Cl)c(Cl)c1)C(=O)N1CCC2OCC(=O)C21)c1cccc2ccccc12. The second-order valence-corrected chi connectivity index (χ2v) is 9.40. The lowest BCUT2D eigenvalue weighted by molar-refractivity contribution is -0.138. The number of fused-ring (bicyclic) bond motifs is 2. The van der Waals surface area contributed by atoms with E-state index in [1.807, 2.05) is 36.4 Å². The van der Waals surface area contributed by atoms with Crippen LogP contribution in [0.3, 0.4) is 0 Å². The molecule has 0 aromatic heterocycles. The number of likely N-dealkylation sites (tertiary alicyclic amines) is 1. The zero-order chi connectivity index (χ0) is 23.8. The Hall–Kier alpha value is -2.93. The normalized spacial score (nSPS) is 20.4. The quantitative estimate of drug-likeness (QED) is 0.577. The van der Waals surface area contributed by atoms with Crippen LogP contribution in [0.1, 0.15) is 22.3 Å². The average Bonchev–Trinajstić information content (AvgIpc) is 3.43. The summed E-state index contributed by atoms with van der Waals surface area (Å²) in [6.07, 6.45) is 0.518. The molecular weight excluding hydrogens is 475 g/mol. The molecule has 0 bridgehead atoms. The Kier molecular flexibility index (Phi) is 6.30. The number of ether oxygens (including phenoxy) is 1. The summed E-state index contributed by atoms with van der Waals surface area (Å²) in [6, 6.07) is 16.7. The molecule has 5 rings (SSSR count). The molecule has 0 saturated carbocycles. The summed E-state index contributed by atoms with van der Waals surface area (Å²) in [6.45, 7) is 0.418. The van der Waals surface area contributed by atoms with Crippen molar-refractivity contribution in [1.82, 2.24) is 10.2 Å². The van der Waals surface area contributed by atoms with Crippen molar-refractivity contribution in [3.63, 3.8) is 0 Å². The molecule has 3 aromatic carbocycles. The van der Waals surface area contributed by atoms with Crippen LogP contribution in [0.2, 0.25) is 10.0 Å². The first kappa shape index (κ1) is 22.8. The van der Waals surface area contributed by atoms with Crippen molar-refractivity contribution in [1.29, 1.82) is 0 Å². The summed E-state index contributed by atoms with van der Waals surface area (Å²) in [7, 11) is 0. The number of carbonyl (C=O) groups excluding carboxylic acids is 3. The van der Waals surface area contributed by atoms with E-state index in [1.54, 1.807) is 29.2 Å². The average molecular weight is 497 g/mol. The largest absolute Gasteiger partial charge is 0.368 e. The number of nitrogens with zero attached hydrogens (tertiary/aromatic N) is 1. The molecule has 2 saturated heterocycles. The van der Waals surface area contributed by atoms with Crippen LogP contribution in [-0.2, 0) is 20.7 Å². The predicted octanol–water partition coefficient (Wildman–Crippen LogP) is 4.06. The molecule has 2 aliphatic rings. The summed E-state index contributed by atoms with van der Waals surface area (Å²) in [4.78, 5) is 41.0. The summed E-state index contributed by atoms with van der Waals surface area (Å²) in [5.41, 5.74) is 1.22. The maximum atomic E-state index is 13.7. The molecule has 0 spiro atoms. The van der Waals surface area contributed by atoms with Gasteiger partial charge in [0.15, 0.2) is 5.78 Å². The molecule has 2 fully saturated rings. The molecule has 6 nitrogen and oxygen atoms in total. The van der Waals surface area contributed by atoms with E-state index in [1.165, 1.54) is 0 Å². The highest BCUT2D eigenvalue weighted by atomic mass is 35.5. The molecule has 3 atom stereocenters. The van der Waals surface area contributed by atoms with Crippen molar-refractivity contribution >= 4 is 51.6 Å². The Morgan fingerprint density at radius 3 is 2.68 bits per heavy atom. The van der Waals surface area contributed by atoms with Crippen LogP contribution >= 0.6 is 23.2 Å². The van der Waals surface area contributed by atoms with Gasteiger partial charge in [-0.25, -0.2) is 0 Å². The van der Waals surface area contributed by atoms with E-state index in [9.17, 15) is 14.4 Å². The number of benzene rings is 3. The molecule has 2 heterocycles. The van der Waals surface area contributed by atoms with Crippen molar-refractivity contribution in [3.8, 4) is 0 Å². The molecule has 1 N–H and O–H groups in total. The van der Waals surface area contributed by atoms with Gasteiger partial charge in [-0.15, -0.1) is 0 Å². The lowest BCUT2D eigenvalue weighted by Gasteiger charge is -2.28. The van der Waals surface area contributed by atoms with Crippen molar-refractivity contribution in [2.24, 2.45) is 0 Å². The van der Waals surface area contributed by atoms with Crippen molar-refractivity contribution in [2.75, 3.05) is 13.2 Å². The maximum Gasteiger partial charge on any atom is 0.252 e. The van der Waals surface area contributed by atoms with E-state index >= 15 is 0 Å². The van der Waals surface area contributed by atoms with Crippen LogP contribution in [0, 0.1) is 0 Å². The fraction of sp³-hybridized carbons (Fsp3) is 0.269. The van der Waals surface area contributed by atoms with Crippen LogP contribution < -0.4 is 5.32 Å². The number of carbonyl (C=O) groups is 3. The van der Waals surface area contributed by atoms with Gasteiger partial charge in [-0.05, 0) is 41.0 Å². The summed E-state index contributed by atoms with van der Waals surface area (Å²) >= 11 is 12.2. The second kappa shape index (κ2) is 9.37. The molecule has 2 aliphatic heterocycles. The van der Waals surface area contributed by atoms with Crippen molar-refractivity contribution < 1.29 is 19.1 Å². The third kappa shape index (κ3) is 4.29. The fourth-order valence-electron chi connectivity index (χ4n) is 4.80. The Morgan fingerprint density at radius 2 is 1.85 bits per heavy atom. The van der Waals surface area contributed by atoms with E-state index in [4.69, 9.17) is 27.9 Å². The van der Waals surface area contributed by atoms with E-state index in [0.29, 0.717) is 28.6 Å². The molecule has 3 unspecified atom stereocenters. The molecule has 0 aliphatic carbocycles. The third-order valence-electron chi connectivity index (χ3n) is 6.46. The number of rotatable bonds is 5. The van der Waals surface area contributed by atoms with E-state index in [-0.39, 0.29) is 36.7 Å². The highest BCUT2D eigenvalue weighted by Gasteiger charge is 2.48. The lowest BCUT2D eigenvalue weighted by atomic mass is 10.0. The number of amides is 2. The van der Waals surface area contributed by atoms with Crippen LogP contribution in [0.4, 0.5) is 0 Å². The minimum atomic E-state index is -0.893. The first-order chi connectivity index (χ1) is 16.4. The zero-order valence-electron chi connectivity index (χ0n) is 18.2. The van der Waals surface area contributed by atoms with E-state index < -0.39 is 12.1 Å². The molecule has 34 heavy (non-hydrogen) atoms. The van der Waals surface area contributed by atoms with Gasteiger partial charge in [0.1, 0.15) is 18.7 Å². The lowest BCUT2D eigenvalue weighted by Crippen LogP contribution is -2.53. The third-order valence-corrected chi connectivity index (χ3v) is 7.20. The topological polar surface area (TPSA) is 75.7 Å². The van der Waals surface area contributed by atoms with Crippen LogP contribution in [0.15, 0.2) is 60.7 Å². The maximum absolute atomic E-state index is 13.7. The number of hydrogen-bond acceptors (Lipinski definition) is 4. The van der Waals surface area contributed by atoms with Gasteiger partial charge in [-0.2, -0.15) is 0 Å². The van der Waals surface area contributed by atoms with Gasteiger partial charge in [0.2, 0.25) is 5.91 Å². The van der Waals surface area contributed by atoms with Gasteiger partial charge >= 0.3 is 0 Å². The summed E-state index contributed by atoms with van der Waals surface area (Å²) < 4.78 is 5.53. The highest BCUT2D eigenvalue weighted by molar-refractivity contribution is 6.42. The van der Waals surface area contributed by atoms with Gasteiger partial charge in [0.25, 0.3) is 5.91 Å². The Balaban J connectivity index is 1.46. The fourth-order valence-corrected chi connectivity index (χ4v) is 5.12. The van der Waals surface area contributed by atoms with Crippen molar-refractivity contribution in [3.05, 3.63) is 81.8 Å². The number of nitrogens with one attached hydrogen (secondary N) is 1. The summed E-state index contributed by atoms with van der Waals surface area (Å²) in [5, 5.41) is 5.42. The van der Waals surface area contributed by atoms with E-state index in [2.05, 4.69) is 5.32 Å². The van der Waals surface area contributed by atoms with Crippen LogP contribution in [0.25, 0.3) is 10.8 Å². The van der Waals surface area contributed by atoms with Crippen LogP contribution in [-0.4, -0.2) is 53.8 Å². The minimum absolute atomic E-state index is 0.0128. The molecule has 3 aromatic rings.